The fourth-order valence-electron chi connectivity index (χ4n) is 1.12. The molecule has 0 aliphatic carbocycles. The average molecular weight is 291 g/mol. The Morgan fingerprint density at radius 3 is 2.38 bits per heavy atom. The van der Waals surface area contributed by atoms with Crippen LogP contribution in [-0.2, 0) is 32.4 Å². The van der Waals surface area contributed by atoms with Crippen LogP contribution in [0.4, 0.5) is 0 Å². The number of benzene rings is 1. The van der Waals surface area contributed by atoms with Crippen molar-refractivity contribution < 1.29 is 35.6 Å². The minimum atomic E-state index is -3.55. The molecule has 4 nitrogen and oxygen atoms in total. The van der Waals surface area contributed by atoms with E-state index >= 15 is 0 Å². The zero-order valence-electron chi connectivity index (χ0n) is 6.24. The van der Waals surface area contributed by atoms with Gasteiger partial charge in [0.25, 0.3) is 15.9 Å². The van der Waals surface area contributed by atoms with E-state index in [0.717, 1.165) is 0 Å². The molecule has 0 bridgehead atoms. The molecule has 0 spiro atoms. The molecule has 1 heterocycles. The van der Waals surface area contributed by atoms with Gasteiger partial charge in [0.1, 0.15) is 4.90 Å². The number of carbonyl (C=O) groups excluding carboxylic acids is 1. The van der Waals surface area contributed by atoms with Crippen LogP contribution in [0.2, 0.25) is 0 Å². The van der Waals surface area contributed by atoms with Gasteiger partial charge in [-0.05, 0) is 12.1 Å². The van der Waals surface area contributed by atoms with Crippen molar-refractivity contribution in [3.8, 4) is 0 Å². The number of amides is 1. The molecule has 0 atom stereocenters. The van der Waals surface area contributed by atoms with Gasteiger partial charge in [-0.1, -0.05) is 12.1 Å². The summed E-state index contributed by atoms with van der Waals surface area (Å²) in [5.74, 6) is -0.550. The first kappa shape index (κ1) is 10.5. The Balaban J connectivity index is 0.000000845. The Morgan fingerprint density at radius 1 is 1.15 bits per heavy atom. The van der Waals surface area contributed by atoms with E-state index in [1.807, 2.05) is 4.72 Å². The molecule has 73 valence electrons. The van der Waals surface area contributed by atoms with E-state index in [0.29, 0.717) is 0 Å². The molecule has 2 rings (SSSR count). The van der Waals surface area contributed by atoms with Crippen LogP contribution in [-0.4, -0.2) is 14.3 Å². The summed E-state index contributed by atoms with van der Waals surface area (Å²) >= 11 is 0. The van der Waals surface area contributed by atoms with E-state index in [1.54, 1.807) is 12.1 Å². The van der Waals surface area contributed by atoms with Gasteiger partial charge in [0.05, 0.1) is 5.56 Å². The summed E-state index contributed by atoms with van der Waals surface area (Å²) in [7, 11) is -3.55. The summed E-state index contributed by atoms with van der Waals surface area (Å²) in [6.07, 6.45) is 0. The number of hydrogen-bond donors (Lipinski definition) is 1. The van der Waals surface area contributed by atoms with Crippen molar-refractivity contribution >= 4 is 15.9 Å². The number of rotatable bonds is 0. The molecule has 0 unspecified atom stereocenters. The summed E-state index contributed by atoms with van der Waals surface area (Å²) in [6.45, 7) is 0. The zero-order valence-corrected chi connectivity index (χ0v) is 8.54. The smallest absolute Gasteiger partial charge is 0.266 e. The van der Waals surface area contributed by atoms with E-state index in [1.165, 1.54) is 12.1 Å². The topological polar surface area (TPSA) is 63.2 Å². The van der Waals surface area contributed by atoms with Crippen molar-refractivity contribution in [2.45, 2.75) is 4.90 Å². The molecule has 1 N–H and O–H groups in total. The molecule has 1 aliphatic heterocycles. The first-order valence-electron chi connectivity index (χ1n) is 3.27. The van der Waals surface area contributed by atoms with Crippen LogP contribution in [0.15, 0.2) is 29.2 Å². The quantitative estimate of drug-likeness (QED) is 0.690. The number of sulfonamides is 1. The maximum absolute atomic E-state index is 11.1. The number of fused-ring (bicyclic) bond motifs is 1. The van der Waals surface area contributed by atoms with Gasteiger partial charge in [-0.25, -0.2) is 13.1 Å². The maximum Gasteiger partial charge on any atom is 0.266 e. The van der Waals surface area contributed by atoms with E-state index in [9.17, 15) is 13.2 Å². The molecule has 0 saturated carbocycles. The van der Waals surface area contributed by atoms with E-state index in [2.05, 4.69) is 0 Å². The monoisotopic (exact) mass is 290 g/mol. The second-order valence-corrected chi connectivity index (χ2v) is 4.08. The fraction of sp³-hybridized carbons (Fsp3) is 0. The van der Waals surface area contributed by atoms with Gasteiger partial charge in [0.2, 0.25) is 0 Å². The van der Waals surface area contributed by atoms with Crippen molar-refractivity contribution in [3.05, 3.63) is 29.8 Å². The number of hydrogen-bond acceptors (Lipinski definition) is 3. The van der Waals surface area contributed by atoms with Crippen LogP contribution >= 0.6 is 0 Å². The molecule has 13 heavy (non-hydrogen) atoms. The maximum atomic E-state index is 11.1. The molecule has 0 aromatic heterocycles. The van der Waals surface area contributed by atoms with Gasteiger partial charge in [0, 0.05) is 22.4 Å². The third-order valence-corrected chi connectivity index (χ3v) is 3.04. The van der Waals surface area contributed by atoms with Crippen LogP contribution in [0, 0.1) is 0 Å². The summed E-state index contributed by atoms with van der Waals surface area (Å²) in [6, 6.07) is 6.09. The largest absolute Gasteiger partial charge is 0.268 e. The van der Waals surface area contributed by atoms with Gasteiger partial charge >= 0.3 is 0 Å². The van der Waals surface area contributed by atoms with Gasteiger partial charge in [-0.15, -0.1) is 0 Å². The number of carbonyl (C=O) groups is 1. The Hall–Kier alpha value is -0.620. The van der Waals surface area contributed by atoms with Gasteiger partial charge in [-0.3, -0.25) is 4.79 Å². The summed E-state index contributed by atoms with van der Waals surface area (Å²) < 4.78 is 24.2. The van der Waals surface area contributed by atoms with Gasteiger partial charge < -0.3 is 0 Å². The van der Waals surface area contributed by atoms with Crippen LogP contribution in [0.3, 0.4) is 0 Å². The molecule has 1 radical (unpaired) electrons. The van der Waals surface area contributed by atoms with Crippen molar-refractivity contribution in [1.82, 2.24) is 4.72 Å². The molecule has 1 aliphatic rings. The van der Waals surface area contributed by atoms with E-state index in [-0.39, 0.29) is 32.8 Å². The Kier molecular flexibility index (Phi) is 2.63. The third-order valence-electron chi connectivity index (χ3n) is 1.65. The summed E-state index contributed by atoms with van der Waals surface area (Å²) in [4.78, 5) is 11.1. The molecule has 1 amide bonds. The fourth-order valence-corrected chi connectivity index (χ4v) is 2.29. The summed E-state index contributed by atoms with van der Waals surface area (Å²) in [5, 5.41) is 0. The van der Waals surface area contributed by atoms with Crippen LogP contribution < -0.4 is 4.72 Å². The Bertz CT molecular complexity index is 455. The van der Waals surface area contributed by atoms with Crippen LogP contribution in [0.1, 0.15) is 10.4 Å². The van der Waals surface area contributed by atoms with Gasteiger partial charge in [-0.2, -0.15) is 0 Å². The molecule has 0 saturated heterocycles. The van der Waals surface area contributed by atoms with Crippen LogP contribution in [0.25, 0.3) is 0 Å². The molecule has 0 fully saturated rings. The van der Waals surface area contributed by atoms with Crippen molar-refractivity contribution in [1.29, 1.82) is 0 Å². The SMILES string of the molecule is O=C1NS(=O)(=O)c2ccccc21.[Ag]. The average Bonchev–Trinajstić information content (AvgIpc) is 2.25. The second kappa shape index (κ2) is 3.26. The third kappa shape index (κ3) is 1.55. The second-order valence-electron chi connectivity index (χ2n) is 2.43. The first-order chi connectivity index (χ1) is 5.61. The molecular weight excluding hydrogens is 286 g/mol. The van der Waals surface area contributed by atoms with Crippen molar-refractivity contribution in [2.24, 2.45) is 0 Å². The van der Waals surface area contributed by atoms with E-state index < -0.39 is 15.9 Å². The minimum Gasteiger partial charge on any atom is -0.268 e. The standard InChI is InChI=1S/C7H5NO3S.Ag/c9-7-5-3-1-2-4-6(5)12(10,11)8-7;/h1-4H,(H,8,9);. The van der Waals surface area contributed by atoms with Crippen molar-refractivity contribution in [3.63, 3.8) is 0 Å². The zero-order chi connectivity index (χ0) is 8.77. The molecule has 1 aromatic rings. The van der Waals surface area contributed by atoms with Crippen LogP contribution in [0.5, 0.6) is 0 Å². The Morgan fingerprint density at radius 2 is 1.77 bits per heavy atom. The molecular formula is C7H5AgNO3S. The van der Waals surface area contributed by atoms with E-state index in [4.69, 9.17) is 0 Å². The predicted molar refractivity (Wildman–Crippen MR) is 41.1 cm³/mol. The minimum absolute atomic E-state index is 0. The number of nitrogens with one attached hydrogen (secondary N) is 1. The van der Waals surface area contributed by atoms with Crippen molar-refractivity contribution in [2.75, 3.05) is 0 Å². The Labute approximate surface area is 90.9 Å². The molecule has 6 heteroatoms. The summed E-state index contributed by atoms with van der Waals surface area (Å²) in [5.41, 5.74) is 0.220. The van der Waals surface area contributed by atoms with Gasteiger partial charge in [0.15, 0.2) is 0 Å². The normalized spacial score (nSPS) is 17.1. The predicted octanol–water partition coefficient (Wildman–Crippen LogP) is 0.116. The first-order valence-corrected chi connectivity index (χ1v) is 4.76. The molecule has 1 aromatic carbocycles.